The van der Waals surface area contributed by atoms with E-state index in [0.29, 0.717) is 19.0 Å². The fourth-order valence-corrected chi connectivity index (χ4v) is 3.78. The van der Waals surface area contributed by atoms with Crippen LogP contribution in [-0.2, 0) is 11.2 Å². The van der Waals surface area contributed by atoms with E-state index in [-0.39, 0.29) is 29.9 Å². The summed E-state index contributed by atoms with van der Waals surface area (Å²) in [5.41, 5.74) is 1.17. The summed E-state index contributed by atoms with van der Waals surface area (Å²) < 4.78 is 10.7. The first-order valence-electron chi connectivity index (χ1n) is 11.0. The number of aliphatic imine (C=N–C) groups is 1. The molecule has 0 bridgehead atoms. The molecule has 1 N–H and O–H groups in total. The Labute approximate surface area is 204 Å². The lowest BCUT2D eigenvalue weighted by Gasteiger charge is -2.33. The average molecular weight is 546 g/mol. The highest BCUT2D eigenvalue weighted by Crippen LogP contribution is 2.27. The summed E-state index contributed by atoms with van der Waals surface area (Å²) in [6, 6.07) is 6.35. The molecule has 1 aromatic rings. The normalized spacial score (nSPS) is 16.4. The molecule has 1 fully saturated rings. The summed E-state index contributed by atoms with van der Waals surface area (Å²) in [5.74, 6) is 2.52. The van der Waals surface area contributed by atoms with Crippen molar-refractivity contribution >= 4 is 35.8 Å². The Morgan fingerprint density at radius 2 is 2.00 bits per heavy atom. The highest BCUT2D eigenvalue weighted by atomic mass is 127. The maximum absolute atomic E-state index is 12.5. The predicted molar refractivity (Wildman–Crippen MR) is 137 cm³/mol. The number of benzene rings is 1. The second-order valence-corrected chi connectivity index (χ2v) is 7.78. The van der Waals surface area contributed by atoms with Gasteiger partial charge < -0.3 is 24.6 Å². The molecule has 8 heteroatoms. The molecular formula is C23H39IN4O3. The first-order chi connectivity index (χ1) is 14.5. The zero-order valence-corrected chi connectivity index (χ0v) is 22.0. The summed E-state index contributed by atoms with van der Waals surface area (Å²) in [5, 5.41) is 3.33. The van der Waals surface area contributed by atoms with Crippen molar-refractivity contribution in [1.29, 1.82) is 0 Å². The lowest BCUT2D eigenvalue weighted by Crippen LogP contribution is -2.42. The predicted octanol–water partition coefficient (Wildman–Crippen LogP) is 3.55. The van der Waals surface area contributed by atoms with Crippen molar-refractivity contribution in [3.05, 3.63) is 23.8 Å². The zero-order chi connectivity index (χ0) is 21.9. The Balaban J connectivity index is 0.00000480. The van der Waals surface area contributed by atoms with Gasteiger partial charge in [0.1, 0.15) is 0 Å². The molecule has 1 aliphatic rings. The topological polar surface area (TPSA) is 66.4 Å². The van der Waals surface area contributed by atoms with Gasteiger partial charge in [0.25, 0.3) is 0 Å². The van der Waals surface area contributed by atoms with Gasteiger partial charge >= 0.3 is 0 Å². The molecule has 0 aliphatic carbocycles. The zero-order valence-electron chi connectivity index (χ0n) is 19.6. The molecule has 1 aromatic carbocycles. The number of guanidine groups is 1. The van der Waals surface area contributed by atoms with E-state index in [1.807, 2.05) is 24.1 Å². The van der Waals surface area contributed by atoms with Crippen molar-refractivity contribution in [3.8, 4) is 11.5 Å². The summed E-state index contributed by atoms with van der Waals surface area (Å²) in [4.78, 5) is 21.4. The number of piperidine rings is 1. The smallest absolute Gasteiger partial charge is 0.224 e. The molecule has 1 heterocycles. The van der Waals surface area contributed by atoms with Crippen LogP contribution in [0.5, 0.6) is 11.5 Å². The molecule has 1 saturated heterocycles. The van der Waals surface area contributed by atoms with Crippen LogP contribution in [0.15, 0.2) is 23.2 Å². The summed E-state index contributed by atoms with van der Waals surface area (Å²) >= 11 is 0. The number of hydrogen-bond donors (Lipinski definition) is 1. The summed E-state index contributed by atoms with van der Waals surface area (Å²) in [6.45, 7) is 7.18. The van der Waals surface area contributed by atoms with E-state index in [2.05, 4.69) is 35.1 Å². The molecule has 1 unspecified atom stereocenters. The Bertz CT molecular complexity index is 714. The molecule has 0 radical (unpaired) electrons. The van der Waals surface area contributed by atoms with E-state index in [1.54, 1.807) is 14.2 Å². The summed E-state index contributed by atoms with van der Waals surface area (Å²) in [7, 11) is 5.31. The second kappa shape index (κ2) is 14.4. The fraction of sp³-hybridized carbons (Fsp3) is 0.652. The van der Waals surface area contributed by atoms with E-state index in [9.17, 15) is 4.79 Å². The number of methoxy groups -OCH3 is 2. The van der Waals surface area contributed by atoms with E-state index in [1.165, 1.54) is 12.0 Å². The van der Waals surface area contributed by atoms with Crippen LogP contribution in [0.3, 0.4) is 0 Å². The third-order valence-electron chi connectivity index (χ3n) is 5.59. The molecule has 1 atom stereocenters. The number of likely N-dealkylation sites (tertiary alicyclic amines) is 1. The van der Waals surface area contributed by atoms with Gasteiger partial charge in [0.05, 0.1) is 20.8 Å². The van der Waals surface area contributed by atoms with Gasteiger partial charge in [-0.3, -0.25) is 9.79 Å². The second-order valence-electron chi connectivity index (χ2n) is 7.78. The SMILES string of the molecule is CCNC(=NCCC(=O)N1CCCCC1C)N(C)CCc1ccc(OC)c(OC)c1.I. The van der Waals surface area contributed by atoms with Gasteiger partial charge in [0.15, 0.2) is 17.5 Å². The molecule has 1 amide bonds. The third kappa shape index (κ3) is 8.38. The molecule has 7 nitrogen and oxygen atoms in total. The maximum Gasteiger partial charge on any atom is 0.224 e. The van der Waals surface area contributed by atoms with Crippen molar-refractivity contribution in [2.45, 2.75) is 52.0 Å². The Hall–Kier alpha value is -1.71. The van der Waals surface area contributed by atoms with Gasteiger partial charge in [-0.15, -0.1) is 24.0 Å². The van der Waals surface area contributed by atoms with Crippen molar-refractivity contribution < 1.29 is 14.3 Å². The minimum atomic E-state index is 0. The van der Waals surface area contributed by atoms with Crippen LogP contribution >= 0.6 is 24.0 Å². The number of nitrogens with zero attached hydrogens (tertiary/aromatic N) is 3. The molecule has 0 spiro atoms. The van der Waals surface area contributed by atoms with Crippen LogP contribution in [0.4, 0.5) is 0 Å². The molecule has 31 heavy (non-hydrogen) atoms. The molecule has 0 saturated carbocycles. The first-order valence-corrected chi connectivity index (χ1v) is 11.0. The van der Waals surface area contributed by atoms with Crippen LogP contribution in [0.1, 0.15) is 45.1 Å². The number of carbonyl (C=O) groups excluding carboxylic acids is 1. The number of hydrogen-bond acceptors (Lipinski definition) is 4. The largest absolute Gasteiger partial charge is 0.493 e. The Kier molecular flexibility index (Phi) is 12.7. The lowest BCUT2D eigenvalue weighted by atomic mass is 10.0. The number of rotatable bonds is 9. The minimum absolute atomic E-state index is 0. The van der Waals surface area contributed by atoms with Crippen LogP contribution in [0.2, 0.25) is 0 Å². The Morgan fingerprint density at radius 1 is 1.26 bits per heavy atom. The van der Waals surface area contributed by atoms with E-state index >= 15 is 0 Å². The third-order valence-corrected chi connectivity index (χ3v) is 5.59. The fourth-order valence-electron chi connectivity index (χ4n) is 3.78. The number of amides is 1. The van der Waals surface area contributed by atoms with Crippen molar-refractivity contribution in [2.75, 3.05) is 47.4 Å². The van der Waals surface area contributed by atoms with Crippen molar-refractivity contribution in [1.82, 2.24) is 15.1 Å². The standard InChI is InChI=1S/C23H38N4O3.HI/c1-6-24-23(25-14-12-22(28)27-15-8-7-9-18(27)2)26(3)16-13-19-10-11-20(29-4)21(17-19)30-5;/h10-11,17-18H,6-9,12-16H2,1-5H3,(H,24,25);1H. The highest BCUT2D eigenvalue weighted by molar-refractivity contribution is 14.0. The summed E-state index contributed by atoms with van der Waals surface area (Å²) in [6.07, 6.45) is 4.75. The van der Waals surface area contributed by atoms with Crippen molar-refractivity contribution in [3.63, 3.8) is 0 Å². The molecule has 1 aliphatic heterocycles. The molecule has 176 valence electrons. The van der Waals surface area contributed by atoms with E-state index in [0.717, 1.165) is 56.4 Å². The monoisotopic (exact) mass is 546 g/mol. The van der Waals surface area contributed by atoms with Crippen LogP contribution in [-0.4, -0.2) is 75.2 Å². The lowest BCUT2D eigenvalue weighted by molar-refractivity contribution is -0.134. The molecule has 0 aromatic heterocycles. The Morgan fingerprint density at radius 3 is 2.65 bits per heavy atom. The number of nitrogens with one attached hydrogen (secondary N) is 1. The number of likely N-dealkylation sites (N-methyl/N-ethyl adjacent to an activating group) is 1. The van der Waals surface area contributed by atoms with Gasteiger partial charge in [-0.25, -0.2) is 0 Å². The quantitative estimate of drug-likeness (QED) is 0.292. The van der Waals surface area contributed by atoms with Gasteiger partial charge in [-0.1, -0.05) is 6.07 Å². The molecule has 2 rings (SSSR count). The van der Waals surface area contributed by atoms with Gasteiger partial charge in [-0.05, 0) is 57.2 Å². The minimum Gasteiger partial charge on any atom is -0.493 e. The maximum atomic E-state index is 12.5. The van der Waals surface area contributed by atoms with Crippen LogP contribution < -0.4 is 14.8 Å². The van der Waals surface area contributed by atoms with Gasteiger partial charge in [0.2, 0.25) is 5.91 Å². The van der Waals surface area contributed by atoms with Crippen LogP contribution in [0.25, 0.3) is 0 Å². The van der Waals surface area contributed by atoms with Gasteiger partial charge in [0, 0.05) is 39.1 Å². The number of halogens is 1. The van der Waals surface area contributed by atoms with E-state index in [4.69, 9.17) is 9.47 Å². The average Bonchev–Trinajstić information content (AvgIpc) is 2.76. The van der Waals surface area contributed by atoms with E-state index < -0.39 is 0 Å². The van der Waals surface area contributed by atoms with Crippen molar-refractivity contribution in [2.24, 2.45) is 4.99 Å². The van der Waals surface area contributed by atoms with Gasteiger partial charge in [-0.2, -0.15) is 0 Å². The highest BCUT2D eigenvalue weighted by Gasteiger charge is 2.22. The molecular weight excluding hydrogens is 507 g/mol. The number of ether oxygens (including phenoxy) is 2. The number of carbonyl (C=O) groups is 1. The van der Waals surface area contributed by atoms with Crippen LogP contribution in [0, 0.1) is 0 Å². The first kappa shape index (κ1) is 27.3.